The van der Waals surface area contributed by atoms with Crippen LogP contribution in [0.2, 0.25) is 0 Å². The average Bonchev–Trinajstić information content (AvgIpc) is 2.05. The van der Waals surface area contributed by atoms with Gasteiger partial charge in [0.2, 0.25) is 0 Å². The second kappa shape index (κ2) is 3.94. The molecule has 60 valence electrons. The first kappa shape index (κ1) is 8.02. The molecule has 0 radical (unpaired) electrons. The van der Waals surface area contributed by atoms with Crippen LogP contribution < -0.4 is 0 Å². The minimum absolute atomic E-state index is 0.300. The molecular formula is C8H16O2. The molecule has 1 fully saturated rings. The summed E-state index contributed by atoms with van der Waals surface area (Å²) in [4.78, 5) is 0. The fourth-order valence-electron chi connectivity index (χ4n) is 1.36. The van der Waals surface area contributed by atoms with E-state index in [1.165, 1.54) is 6.42 Å². The molecule has 0 aliphatic carbocycles. The van der Waals surface area contributed by atoms with Crippen molar-refractivity contribution in [2.24, 2.45) is 11.8 Å². The lowest BCUT2D eigenvalue weighted by molar-refractivity contribution is 0.0212. The van der Waals surface area contributed by atoms with Crippen molar-refractivity contribution in [3.05, 3.63) is 0 Å². The smallest absolute Gasteiger partial charge is 0.0497 e. The highest BCUT2D eigenvalue weighted by Gasteiger charge is 2.19. The number of rotatable bonds is 2. The van der Waals surface area contributed by atoms with Crippen LogP contribution >= 0.6 is 0 Å². The van der Waals surface area contributed by atoms with Crippen LogP contribution in [-0.4, -0.2) is 24.9 Å². The van der Waals surface area contributed by atoms with E-state index < -0.39 is 0 Å². The van der Waals surface area contributed by atoms with Crippen molar-refractivity contribution in [1.29, 1.82) is 0 Å². The molecule has 1 heterocycles. The van der Waals surface area contributed by atoms with Gasteiger partial charge in [-0.1, -0.05) is 6.92 Å². The summed E-state index contributed by atoms with van der Waals surface area (Å²) < 4.78 is 5.29. The van der Waals surface area contributed by atoms with E-state index in [1.807, 2.05) is 0 Å². The van der Waals surface area contributed by atoms with Crippen molar-refractivity contribution >= 4 is 0 Å². The predicted octanol–water partition coefficient (Wildman–Crippen LogP) is 1.04. The summed E-state index contributed by atoms with van der Waals surface area (Å²) in [5.41, 5.74) is 0. The molecule has 1 saturated heterocycles. The lowest BCUT2D eigenvalue weighted by Crippen LogP contribution is -2.25. The highest BCUT2D eigenvalue weighted by molar-refractivity contribution is 4.68. The van der Waals surface area contributed by atoms with Crippen LogP contribution in [0, 0.1) is 11.8 Å². The first-order valence-corrected chi connectivity index (χ1v) is 4.03. The van der Waals surface area contributed by atoms with Gasteiger partial charge in [-0.15, -0.1) is 0 Å². The standard InChI is InChI=1S/C8H16O2/c1-7(5-9)8-3-2-4-10-6-8/h7-9H,2-6H2,1H3/t7-,8?/m1/s1. The number of ether oxygens (including phenoxy) is 1. The normalized spacial score (nSPS) is 30.0. The van der Waals surface area contributed by atoms with Gasteiger partial charge in [0.1, 0.15) is 0 Å². The van der Waals surface area contributed by atoms with Crippen molar-refractivity contribution in [3.8, 4) is 0 Å². The van der Waals surface area contributed by atoms with Gasteiger partial charge in [0.15, 0.2) is 0 Å². The van der Waals surface area contributed by atoms with E-state index >= 15 is 0 Å². The Hall–Kier alpha value is -0.0800. The topological polar surface area (TPSA) is 29.5 Å². The zero-order chi connectivity index (χ0) is 7.40. The van der Waals surface area contributed by atoms with E-state index in [1.54, 1.807) is 0 Å². The Labute approximate surface area is 62.2 Å². The van der Waals surface area contributed by atoms with Crippen LogP contribution in [0.5, 0.6) is 0 Å². The molecule has 2 atom stereocenters. The Morgan fingerprint density at radius 3 is 3.00 bits per heavy atom. The summed E-state index contributed by atoms with van der Waals surface area (Å²) in [5.74, 6) is 1.01. The van der Waals surface area contributed by atoms with E-state index in [-0.39, 0.29) is 0 Å². The molecule has 0 saturated carbocycles. The van der Waals surface area contributed by atoms with Crippen molar-refractivity contribution in [3.63, 3.8) is 0 Å². The highest BCUT2D eigenvalue weighted by atomic mass is 16.5. The molecule has 0 amide bonds. The maximum Gasteiger partial charge on any atom is 0.0497 e. The van der Waals surface area contributed by atoms with E-state index in [4.69, 9.17) is 9.84 Å². The molecule has 0 spiro atoms. The fraction of sp³-hybridized carbons (Fsp3) is 1.00. The monoisotopic (exact) mass is 144 g/mol. The molecule has 1 unspecified atom stereocenters. The van der Waals surface area contributed by atoms with Crippen molar-refractivity contribution < 1.29 is 9.84 Å². The largest absolute Gasteiger partial charge is 0.396 e. The summed E-state index contributed by atoms with van der Waals surface area (Å²) in [6, 6.07) is 0. The van der Waals surface area contributed by atoms with Gasteiger partial charge in [0, 0.05) is 19.8 Å². The van der Waals surface area contributed by atoms with Gasteiger partial charge in [-0.05, 0) is 24.7 Å². The molecule has 1 N–H and O–H groups in total. The van der Waals surface area contributed by atoms with Crippen LogP contribution in [0.15, 0.2) is 0 Å². The molecule has 1 aliphatic rings. The molecule has 2 nitrogen and oxygen atoms in total. The molecule has 0 bridgehead atoms. The lowest BCUT2D eigenvalue weighted by Gasteiger charge is -2.26. The quantitative estimate of drug-likeness (QED) is 0.627. The van der Waals surface area contributed by atoms with Crippen molar-refractivity contribution in [2.45, 2.75) is 19.8 Å². The van der Waals surface area contributed by atoms with Gasteiger partial charge in [0.05, 0.1) is 0 Å². The Kier molecular flexibility index (Phi) is 3.16. The van der Waals surface area contributed by atoms with Gasteiger partial charge < -0.3 is 9.84 Å². The fourth-order valence-corrected chi connectivity index (χ4v) is 1.36. The summed E-state index contributed by atoms with van der Waals surface area (Å²) in [5, 5.41) is 8.83. The van der Waals surface area contributed by atoms with Gasteiger partial charge in [-0.25, -0.2) is 0 Å². The van der Waals surface area contributed by atoms with Crippen LogP contribution in [0.1, 0.15) is 19.8 Å². The maximum atomic E-state index is 8.83. The van der Waals surface area contributed by atoms with Gasteiger partial charge >= 0.3 is 0 Å². The minimum atomic E-state index is 0.300. The van der Waals surface area contributed by atoms with Gasteiger partial charge in [-0.2, -0.15) is 0 Å². The van der Waals surface area contributed by atoms with Gasteiger partial charge in [-0.3, -0.25) is 0 Å². The van der Waals surface area contributed by atoms with Crippen LogP contribution in [-0.2, 0) is 4.74 Å². The minimum Gasteiger partial charge on any atom is -0.396 e. The van der Waals surface area contributed by atoms with E-state index in [0.717, 1.165) is 19.6 Å². The Balaban J connectivity index is 2.24. The molecule has 0 aromatic rings. The average molecular weight is 144 g/mol. The predicted molar refractivity (Wildman–Crippen MR) is 39.8 cm³/mol. The van der Waals surface area contributed by atoms with Crippen LogP contribution in [0.25, 0.3) is 0 Å². The number of aliphatic hydroxyl groups excluding tert-OH is 1. The number of hydrogen-bond donors (Lipinski definition) is 1. The molecule has 10 heavy (non-hydrogen) atoms. The van der Waals surface area contributed by atoms with Crippen molar-refractivity contribution in [1.82, 2.24) is 0 Å². The Morgan fingerprint density at radius 1 is 1.70 bits per heavy atom. The van der Waals surface area contributed by atoms with Gasteiger partial charge in [0.25, 0.3) is 0 Å². The first-order chi connectivity index (χ1) is 4.84. The van der Waals surface area contributed by atoms with E-state index in [0.29, 0.717) is 18.4 Å². The third-order valence-electron chi connectivity index (χ3n) is 2.29. The summed E-state index contributed by atoms with van der Waals surface area (Å²) >= 11 is 0. The Bertz CT molecular complexity index is 87.3. The maximum absolute atomic E-state index is 8.83. The zero-order valence-corrected chi connectivity index (χ0v) is 6.55. The second-order valence-corrected chi connectivity index (χ2v) is 3.14. The lowest BCUT2D eigenvalue weighted by atomic mass is 9.90. The van der Waals surface area contributed by atoms with Crippen molar-refractivity contribution in [2.75, 3.05) is 19.8 Å². The summed E-state index contributed by atoms with van der Waals surface area (Å²) in [7, 11) is 0. The van der Waals surface area contributed by atoms with E-state index in [2.05, 4.69) is 6.92 Å². The van der Waals surface area contributed by atoms with E-state index in [9.17, 15) is 0 Å². The van der Waals surface area contributed by atoms with Crippen LogP contribution in [0.4, 0.5) is 0 Å². The van der Waals surface area contributed by atoms with Crippen LogP contribution in [0.3, 0.4) is 0 Å². The Morgan fingerprint density at radius 2 is 2.50 bits per heavy atom. The summed E-state index contributed by atoms with van der Waals surface area (Å²) in [6.45, 7) is 4.14. The molecule has 2 heteroatoms. The third kappa shape index (κ3) is 1.96. The highest BCUT2D eigenvalue weighted by Crippen LogP contribution is 2.21. The zero-order valence-electron chi connectivity index (χ0n) is 6.55. The molecule has 1 aliphatic heterocycles. The second-order valence-electron chi connectivity index (χ2n) is 3.14. The molecule has 0 aromatic heterocycles. The number of hydrogen-bond acceptors (Lipinski definition) is 2. The number of aliphatic hydroxyl groups is 1. The molecular weight excluding hydrogens is 128 g/mol. The molecule has 1 rings (SSSR count). The SMILES string of the molecule is C[C@H](CO)C1CCCOC1. The first-order valence-electron chi connectivity index (χ1n) is 4.03. The summed E-state index contributed by atoms with van der Waals surface area (Å²) in [6.07, 6.45) is 2.39. The molecule has 0 aromatic carbocycles. The third-order valence-corrected chi connectivity index (χ3v) is 2.29.